The van der Waals surface area contributed by atoms with Crippen molar-refractivity contribution in [3.63, 3.8) is 0 Å². The fourth-order valence-corrected chi connectivity index (χ4v) is 7.52. The Hall–Kier alpha value is -4.50. The van der Waals surface area contributed by atoms with Gasteiger partial charge in [0.05, 0.1) is 36.6 Å². The highest BCUT2D eigenvalue weighted by atomic mass is 35.5. The van der Waals surface area contributed by atoms with E-state index in [0.29, 0.717) is 47.5 Å². The van der Waals surface area contributed by atoms with Gasteiger partial charge in [0.25, 0.3) is 0 Å². The number of rotatable bonds is 14. The summed E-state index contributed by atoms with van der Waals surface area (Å²) in [4.78, 5) is 24.0. The van der Waals surface area contributed by atoms with Crippen molar-refractivity contribution in [1.29, 1.82) is 0 Å². The van der Waals surface area contributed by atoms with Crippen molar-refractivity contribution < 1.29 is 37.7 Å². The third-order valence-corrected chi connectivity index (χ3v) is 10.2. The summed E-state index contributed by atoms with van der Waals surface area (Å²) < 4.78 is 53.9. The Morgan fingerprint density at radius 3 is 2.38 bits per heavy atom. The second-order valence-corrected chi connectivity index (χ2v) is 14.2. The molecule has 0 saturated heterocycles. The Bertz CT molecular complexity index is 1990. The largest absolute Gasteiger partial charge is 0.481 e. The molecule has 0 spiro atoms. The number of ether oxygens (including phenoxy) is 2. The van der Waals surface area contributed by atoms with Crippen LogP contribution < -0.4 is 25.4 Å². The maximum Gasteiger partial charge on any atom is 0.437 e. The zero-order valence-corrected chi connectivity index (χ0v) is 30.5. The van der Waals surface area contributed by atoms with Crippen LogP contribution in [0.2, 0.25) is 5.02 Å². The molecule has 2 atom stereocenters. The van der Waals surface area contributed by atoms with Crippen molar-refractivity contribution in [3.05, 3.63) is 81.6 Å². The molecule has 53 heavy (non-hydrogen) atoms. The van der Waals surface area contributed by atoms with Crippen LogP contribution in [0.4, 0.5) is 19.0 Å². The summed E-state index contributed by atoms with van der Waals surface area (Å²) in [5.41, 5.74) is 3.63. The highest BCUT2D eigenvalue weighted by Gasteiger charge is 2.40. The highest BCUT2D eigenvalue weighted by Crippen LogP contribution is 2.45. The topological polar surface area (TPSA) is 151 Å². The summed E-state index contributed by atoms with van der Waals surface area (Å²) in [6.45, 7) is 4.28. The number of nitrogens with zero attached hydrogens (tertiary/aromatic N) is 3. The third-order valence-electron chi connectivity index (χ3n) is 9.82. The number of carboxylic acids is 1. The molecule has 11 nitrogen and oxygen atoms in total. The van der Waals surface area contributed by atoms with Crippen LogP contribution in [0.25, 0.3) is 22.4 Å². The molecule has 2 aromatic heterocycles. The number of methoxy groups -OCH3 is 2. The molecule has 5 N–H and O–H groups in total. The van der Waals surface area contributed by atoms with E-state index in [4.69, 9.17) is 31.2 Å². The molecule has 0 bridgehead atoms. The molecule has 0 amide bonds. The van der Waals surface area contributed by atoms with E-state index in [-0.39, 0.29) is 18.1 Å². The van der Waals surface area contributed by atoms with Crippen LogP contribution in [0.1, 0.15) is 67.2 Å². The molecule has 0 unspecified atom stereocenters. The van der Waals surface area contributed by atoms with E-state index in [2.05, 4.69) is 25.9 Å². The molecule has 4 aromatic rings. The number of pyridine rings is 1. The number of aromatic nitrogens is 3. The molecule has 0 aliphatic heterocycles. The number of nitrogens with one attached hydrogen (secondary N) is 3. The molecule has 2 aromatic carbocycles. The molecule has 2 heterocycles. The third kappa shape index (κ3) is 8.35. The van der Waals surface area contributed by atoms with E-state index in [9.17, 15) is 23.1 Å². The fraction of sp³-hybridized carbons (Fsp3) is 0.421. The number of carbonyl (C=O) groups is 1. The Kier molecular flexibility index (Phi) is 11.2. The van der Waals surface area contributed by atoms with Crippen LogP contribution >= 0.6 is 11.6 Å². The van der Waals surface area contributed by atoms with Crippen molar-refractivity contribution in [2.45, 2.75) is 76.5 Å². The predicted octanol–water partition coefficient (Wildman–Crippen LogP) is 6.81. The van der Waals surface area contributed by atoms with E-state index in [0.717, 1.165) is 47.2 Å². The summed E-state index contributed by atoms with van der Waals surface area (Å²) >= 11 is 7.10. The molecule has 1 fully saturated rings. The first-order valence-electron chi connectivity index (χ1n) is 17.3. The molecule has 2 aliphatic carbocycles. The second kappa shape index (κ2) is 15.5. The summed E-state index contributed by atoms with van der Waals surface area (Å²) in [7, 11) is 2.84. The number of hydrogen-bond donors (Lipinski definition) is 5. The lowest BCUT2D eigenvalue weighted by Gasteiger charge is -2.41. The number of halogens is 4. The van der Waals surface area contributed by atoms with Gasteiger partial charge >= 0.3 is 12.1 Å². The molecule has 15 heteroatoms. The molecule has 2 aliphatic rings. The molecular formula is C38H42ClF3N6O5. The smallest absolute Gasteiger partial charge is 0.437 e. The van der Waals surface area contributed by atoms with Gasteiger partial charge in [0, 0.05) is 29.8 Å². The number of aliphatic hydroxyl groups is 1. The van der Waals surface area contributed by atoms with Gasteiger partial charge in [-0.3, -0.25) is 10.1 Å². The standard InChI is InChI=1S/C38H42ClF3N6O5/c1-20(36(49)50)44-19-30-35(53-4)48-33(32(45-30)38(40,41)42)46-28-14-12-24-23(7-5-8-25(24)28)26-9-6-10-27(31(26)39)29-13-11-22(34(47-29)52-3)18-43-17-21-15-37(2,51)16-21/h5-11,13,20-21,28,43-44,51H,12,14-19H2,1-4H3,(H,46,48)(H,49,50)/t20-,21?,28-,37?/m0/s1. The predicted molar refractivity (Wildman–Crippen MR) is 194 cm³/mol. The lowest BCUT2D eigenvalue weighted by molar-refractivity contribution is -0.141. The molecular weight excluding hydrogens is 713 g/mol. The Balaban J connectivity index is 1.24. The summed E-state index contributed by atoms with van der Waals surface area (Å²) in [5.74, 6) is -0.891. The fourth-order valence-electron chi connectivity index (χ4n) is 7.20. The van der Waals surface area contributed by atoms with Crippen molar-refractivity contribution in [2.75, 3.05) is 26.1 Å². The van der Waals surface area contributed by atoms with Crippen molar-refractivity contribution in [1.82, 2.24) is 25.6 Å². The average Bonchev–Trinajstić information content (AvgIpc) is 3.52. The lowest BCUT2D eigenvalue weighted by atomic mass is 9.72. The summed E-state index contributed by atoms with van der Waals surface area (Å²) in [6.07, 6.45) is -2.25. The van der Waals surface area contributed by atoms with E-state index in [1.807, 2.05) is 55.5 Å². The summed E-state index contributed by atoms with van der Waals surface area (Å²) in [6, 6.07) is 13.7. The average molecular weight is 755 g/mol. The van der Waals surface area contributed by atoms with E-state index in [1.54, 1.807) is 7.11 Å². The van der Waals surface area contributed by atoms with Gasteiger partial charge in [-0.1, -0.05) is 54.1 Å². The van der Waals surface area contributed by atoms with Crippen molar-refractivity contribution in [3.8, 4) is 34.1 Å². The highest BCUT2D eigenvalue weighted by molar-refractivity contribution is 6.36. The molecule has 6 rings (SSSR count). The zero-order valence-electron chi connectivity index (χ0n) is 29.8. The number of benzene rings is 2. The van der Waals surface area contributed by atoms with Gasteiger partial charge in [-0.05, 0) is 74.8 Å². The number of anilines is 1. The quantitative estimate of drug-likeness (QED) is 0.0924. The van der Waals surface area contributed by atoms with E-state index >= 15 is 0 Å². The van der Waals surface area contributed by atoms with Crippen molar-refractivity contribution in [2.24, 2.45) is 5.92 Å². The monoisotopic (exact) mass is 754 g/mol. The Morgan fingerprint density at radius 2 is 1.70 bits per heavy atom. The molecule has 0 radical (unpaired) electrons. The van der Waals surface area contributed by atoms with Gasteiger partial charge in [-0.2, -0.15) is 18.2 Å². The first-order chi connectivity index (χ1) is 25.2. The van der Waals surface area contributed by atoms with Crippen LogP contribution in [0.3, 0.4) is 0 Å². The van der Waals surface area contributed by atoms with Gasteiger partial charge in [0.1, 0.15) is 11.7 Å². The number of alkyl halides is 3. The number of fused-ring (bicyclic) bond motifs is 1. The SMILES string of the molecule is COc1nc(-c2cccc(-c3cccc4c3CC[C@@H]4Nc3nc(OC)c(CN[C@@H](C)C(=O)O)nc3C(F)(F)F)c2Cl)ccc1CNCC1CC(C)(O)C1. The van der Waals surface area contributed by atoms with Crippen LogP contribution in [0.5, 0.6) is 11.8 Å². The van der Waals surface area contributed by atoms with Gasteiger partial charge in [-0.25, -0.2) is 9.97 Å². The zero-order chi connectivity index (χ0) is 38.1. The van der Waals surface area contributed by atoms with Crippen LogP contribution in [0, 0.1) is 5.92 Å². The number of hydrogen-bond acceptors (Lipinski definition) is 10. The van der Waals surface area contributed by atoms with E-state index < -0.39 is 41.3 Å². The Morgan fingerprint density at radius 1 is 1.00 bits per heavy atom. The summed E-state index contributed by atoms with van der Waals surface area (Å²) in [5, 5.41) is 28.7. The Labute approximate surface area is 310 Å². The van der Waals surface area contributed by atoms with Crippen LogP contribution in [-0.4, -0.2) is 63.5 Å². The maximum atomic E-state index is 14.3. The first-order valence-corrected chi connectivity index (χ1v) is 17.7. The lowest BCUT2D eigenvalue weighted by Crippen LogP contribution is -2.44. The minimum absolute atomic E-state index is 0.153. The minimum atomic E-state index is -4.85. The minimum Gasteiger partial charge on any atom is -0.481 e. The maximum absolute atomic E-state index is 14.3. The molecule has 1 saturated carbocycles. The van der Waals surface area contributed by atoms with Gasteiger partial charge < -0.3 is 30.3 Å². The van der Waals surface area contributed by atoms with Crippen molar-refractivity contribution >= 4 is 23.4 Å². The number of aliphatic carboxylic acids is 1. The van der Waals surface area contributed by atoms with Gasteiger partial charge in [0.2, 0.25) is 11.8 Å². The van der Waals surface area contributed by atoms with Crippen LogP contribution in [-0.2, 0) is 30.5 Å². The van der Waals surface area contributed by atoms with Gasteiger partial charge in [-0.15, -0.1) is 0 Å². The normalized spacial score (nSPS) is 20.0. The molecule has 282 valence electrons. The second-order valence-electron chi connectivity index (χ2n) is 13.9. The first kappa shape index (κ1) is 38.2. The van der Waals surface area contributed by atoms with Gasteiger partial charge in [0.15, 0.2) is 11.5 Å². The van der Waals surface area contributed by atoms with Crippen LogP contribution in [0.15, 0.2) is 48.5 Å². The van der Waals surface area contributed by atoms with E-state index in [1.165, 1.54) is 14.0 Å². The number of carboxylic acid groups (broad SMARTS) is 1.